The largest absolute Gasteiger partial charge is 0.465 e. The van der Waals surface area contributed by atoms with Crippen LogP contribution < -0.4 is 15.9 Å². The van der Waals surface area contributed by atoms with E-state index in [4.69, 9.17) is 14.3 Å². The van der Waals surface area contributed by atoms with Gasteiger partial charge >= 0.3 is 5.63 Å². The monoisotopic (exact) mass is 266 g/mol. The smallest absolute Gasteiger partial charge is 0.337 e. The molecule has 7 heteroatoms. The second-order valence-electron chi connectivity index (χ2n) is 3.92. The van der Waals surface area contributed by atoms with Crippen LogP contribution >= 0.6 is 0 Å². The van der Waals surface area contributed by atoms with Crippen LogP contribution in [-0.4, -0.2) is 28.3 Å². The summed E-state index contributed by atoms with van der Waals surface area (Å²) in [5.41, 5.74) is -0.414. The zero-order valence-corrected chi connectivity index (χ0v) is 10.4. The van der Waals surface area contributed by atoms with Crippen molar-refractivity contribution in [1.82, 2.24) is 9.97 Å². The van der Waals surface area contributed by atoms with Crippen molar-refractivity contribution in [2.75, 3.05) is 13.2 Å². The van der Waals surface area contributed by atoms with Gasteiger partial charge in [-0.05, 0) is 12.0 Å². The predicted molar refractivity (Wildman–Crippen MR) is 67.5 cm³/mol. The summed E-state index contributed by atoms with van der Waals surface area (Å²) in [5, 5.41) is 8.90. The molecule has 2 aromatic rings. The van der Waals surface area contributed by atoms with E-state index in [2.05, 4.69) is 9.97 Å². The maximum absolute atomic E-state index is 11.9. The summed E-state index contributed by atoms with van der Waals surface area (Å²) in [6, 6.07) is 1.26. The van der Waals surface area contributed by atoms with Crippen LogP contribution in [-0.2, 0) is 6.42 Å². The molecule has 0 unspecified atom stereocenters. The van der Waals surface area contributed by atoms with Crippen LogP contribution in [0.25, 0.3) is 11.1 Å². The first kappa shape index (κ1) is 13.3. The number of ether oxygens (including phenoxy) is 1. The van der Waals surface area contributed by atoms with E-state index in [1.54, 1.807) is 0 Å². The minimum Gasteiger partial charge on any atom is -0.465 e. The van der Waals surface area contributed by atoms with Gasteiger partial charge in [0.05, 0.1) is 6.61 Å². The molecule has 19 heavy (non-hydrogen) atoms. The first-order valence-electron chi connectivity index (χ1n) is 5.96. The van der Waals surface area contributed by atoms with E-state index >= 15 is 0 Å². The molecule has 0 fully saturated rings. The third-order valence-electron chi connectivity index (χ3n) is 2.60. The molecule has 7 nitrogen and oxygen atoms in total. The van der Waals surface area contributed by atoms with Crippen LogP contribution in [0.15, 0.2) is 20.1 Å². The van der Waals surface area contributed by atoms with Crippen LogP contribution in [0.4, 0.5) is 0 Å². The molecule has 0 aromatic carbocycles. The van der Waals surface area contributed by atoms with Gasteiger partial charge in [0.15, 0.2) is 0 Å². The Morgan fingerprint density at radius 1 is 1.47 bits per heavy atom. The molecule has 0 spiro atoms. The van der Waals surface area contributed by atoms with E-state index in [9.17, 15) is 9.59 Å². The molecule has 0 bridgehead atoms. The minimum absolute atomic E-state index is 0.0210. The summed E-state index contributed by atoms with van der Waals surface area (Å²) in [5.74, 6) is 0. The highest BCUT2D eigenvalue weighted by Gasteiger charge is 2.12. The van der Waals surface area contributed by atoms with Crippen molar-refractivity contribution in [3.63, 3.8) is 0 Å². The lowest BCUT2D eigenvalue weighted by atomic mass is 10.1. The van der Waals surface area contributed by atoms with Crippen molar-refractivity contribution < 1.29 is 14.3 Å². The van der Waals surface area contributed by atoms with E-state index < -0.39 is 11.2 Å². The molecule has 2 aromatic heterocycles. The van der Waals surface area contributed by atoms with Gasteiger partial charge < -0.3 is 14.3 Å². The van der Waals surface area contributed by atoms with E-state index in [0.29, 0.717) is 18.4 Å². The summed E-state index contributed by atoms with van der Waals surface area (Å²) in [7, 11) is 0. The number of rotatable bonds is 5. The van der Waals surface area contributed by atoms with Crippen molar-refractivity contribution in [2.24, 2.45) is 0 Å². The summed E-state index contributed by atoms with van der Waals surface area (Å²) in [6.07, 6.45) is 0.943. The van der Waals surface area contributed by atoms with Gasteiger partial charge in [-0.2, -0.15) is 4.98 Å². The molecule has 0 atom stereocenters. The molecule has 0 aliphatic carbocycles. The number of nitrogens with one attached hydrogen (secondary N) is 1. The highest BCUT2D eigenvalue weighted by atomic mass is 16.5. The average molecular weight is 266 g/mol. The molecular formula is C12H14N2O5. The Labute approximate surface area is 107 Å². The van der Waals surface area contributed by atoms with E-state index in [-0.39, 0.29) is 30.3 Å². The fourth-order valence-corrected chi connectivity index (χ4v) is 1.71. The number of aliphatic hydroxyl groups is 1. The molecule has 0 saturated heterocycles. The molecule has 2 N–H and O–H groups in total. The van der Waals surface area contributed by atoms with Gasteiger partial charge in [-0.15, -0.1) is 0 Å². The van der Waals surface area contributed by atoms with Gasteiger partial charge in [-0.1, -0.05) is 6.92 Å². The van der Waals surface area contributed by atoms with Crippen LogP contribution in [0.3, 0.4) is 0 Å². The molecule has 0 saturated carbocycles. The van der Waals surface area contributed by atoms with E-state index in [1.165, 1.54) is 6.07 Å². The summed E-state index contributed by atoms with van der Waals surface area (Å²) < 4.78 is 10.1. The number of nitrogens with zero attached hydrogens (tertiary/aromatic N) is 1. The van der Waals surface area contributed by atoms with Crippen molar-refractivity contribution in [1.29, 1.82) is 0 Å². The van der Waals surface area contributed by atoms with Crippen molar-refractivity contribution in [3.8, 4) is 6.01 Å². The Balaban J connectivity index is 2.51. The fraction of sp³-hybridized carbons (Fsp3) is 0.417. The van der Waals surface area contributed by atoms with Gasteiger partial charge in [0.25, 0.3) is 11.6 Å². The van der Waals surface area contributed by atoms with E-state index in [1.807, 2.05) is 6.92 Å². The molecule has 0 amide bonds. The molecule has 2 rings (SSSR count). The predicted octanol–water partition coefficient (Wildman–Crippen LogP) is 0.200. The van der Waals surface area contributed by atoms with Crippen LogP contribution in [0, 0.1) is 0 Å². The Hall–Kier alpha value is -2.15. The molecule has 102 valence electrons. The van der Waals surface area contributed by atoms with Crippen LogP contribution in [0.2, 0.25) is 0 Å². The molecule has 0 aliphatic rings. The Morgan fingerprint density at radius 3 is 2.95 bits per heavy atom. The minimum atomic E-state index is -0.552. The maximum atomic E-state index is 11.9. The highest BCUT2D eigenvalue weighted by molar-refractivity contribution is 5.75. The van der Waals surface area contributed by atoms with Crippen molar-refractivity contribution in [3.05, 3.63) is 32.4 Å². The number of hydrogen-bond donors (Lipinski definition) is 2. The number of aliphatic hydroxyl groups excluding tert-OH is 1. The number of H-pyrrole nitrogens is 1. The first-order chi connectivity index (χ1) is 9.15. The average Bonchev–Trinajstić information content (AvgIpc) is 2.37. The zero-order valence-electron chi connectivity index (χ0n) is 10.4. The maximum Gasteiger partial charge on any atom is 0.337 e. The lowest BCUT2D eigenvalue weighted by Crippen LogP contribution is -2.15. The van der Waals surface area contributed by atoms with Gasteiger partial charge in [-0.3, -0.25) is 9.78 Å². The molecule has 2 heterocycles. The lowest BCUT2D eigenvalue weighted by Gasteiger charge is -2.05. The normalized spacial score (nSPS) is 10.8. The topological polar surface area (TPSA) is 105 Å². The van der Waals surface area contributed by atoms with Crippen LogP contribution in [0.1, 0.15) is 18.9 Å². The van der Waals surface area contributed by atoms with E-state index in [0.717, 1.165) is 0 Å². The quantitative estimate of drug-likeness (QED) is 0.749. The Kier molecular flexibility index (Phi) is 3.96. The number of aromatic nitrogens is 2. The summed E-state index contributed by atoms with van der Waals surface area (Å²) in [4.78, 5) is 29.7. The zero-order chi connectivity index (χ0) is 13.8. The SMILES string of the molecule is CCc1cc(=O)oc2nc(OCCCO)[nH]c(=O)c12. The second kappa shape index (κ2) is 5.66. The number of aromatic amines is 1. The Morgan fingerprint density at radius 2 is 2.26 bits per heavy atom. The fourth-order valence-electron chi connectivity index (χ4n) is 1.71. The highest BCUT2D eigenvalue weighted by Crippen LogP contribution is 2.13. The van der Waals surface area contributed by atoms with Crippen molar-refractivity contribution >= 4 is 11.1 Å². The van der Waals surface area contributed by atoms with Crippen molar-refractivity contribution in [2.45, 2.75) is 19.8 Å². The number of aryl methyl sites for hydroxylation is 1. The number of fused-ring (bicyclic) bond motifs is 1. The third-order valence-corrected chi connectivity index (χ3v) is 2.60. The van der Waals surface area contributed by atoms with Gasteiger partial charge in [0.1, 0.15) is 5.39 Å². The van der Waals surface area contributed by atoms with Crippen LogP contribution in [0.5, 0.6) is 6.01 Å². The molecular weight excluding hydrogens is 252 g/mol. The molecule has 0 radical (unpaired) electrons. The van der Waals surface area contributed by atoms with Gasteiger partial charge in [-0.25, -0.2) is 4.79 Å². The number of hydrogen-bond acceptors (Lipinski definition) is 6. The third kappa shape index (κ3) is 2.82. The Bertz CT molecular complexity index is 689. The first-order valence-corrected chi connectivity index (χ1v) is 5.96. The standard InChI is InChI=1S/C12H14N2O5/c1-2-7-6-8(16)19-11-9(7)10(17)13-12(14-11)18-5-3-4-15/h6,15H,2-5H2,1H3,(H,13,14,17). The summed E-state index contributed by atoms with van der Waals surface area (Å²) in [6.45, 7) is 2.02. The van der Waals surface area contributed by atoms with Gasteiger partial charge in [0.2, 0.25) is 5.71 Å². The second-order valence-corrected chi connectivity index (χ2v) is 3.92. The summed E-state index contributed by atoms with van der Waals surface area (Å²) >= 11 is 0. The van der Waals surface area contributed by atoms with Gasteiger partial charge in [0, 0.05) is 19.1 Å². The lowest BCUT2D eigenvalue weighted by molar-refractivity contribution is 0.224. The molecule has 0 aliphatic heterocycles.